The van der Waals surface area contributed by atoms with Crippen LogP contribution in [0.15, 0.2) is 58.0 Å². The van der Waals surface area contributed by atoms with Crippen molar-refractivity contribution in [3.63, 3.8) is 0 Å². The monoisotopic (exact) mass is 510 g/mol. The van der Waals surface area contributed by atoms with Crippen LogP contribution < -0.4 is 11.1 Å². The highest BCUT2D eigenvalue weighted by molar-refractivity contribution is 8.00. The average molecular weight is 511 g/mol. The molecule has 0 spiro atoms. The van der Waals surface area contributed by atoms with Gasteiger partial charge >= 0.3 is 0 Å². The van der Waals surface area contributed by atoms with E-state index in [0.717, 1.165) is 17.7 Å². The zero-order chi connectivity index (χ0) is 26.1. The average Bonchev–Trinajstić information content (AvgIpc) is 3.38. The summed E-state index contributed by atoms with van der Waals surface area (Å²) in [5, 5.41) is 20.5. The fourth-order valence-electron chi connectivity index (χ4n) is 3.31. The third-order valence-corrected chi connectivity index (χ3v) is 6.32. The van der Waals surface area contributed by atoms with Gasteiger partial charge in [0.2, 0.25) is 5.89 Å². The van der Waals surface area contributed by atoms with E-state index in [9.17, 15) is 4.39 Å². The van der Waals surface area contributed by atoms with Gasteiger partial charge in [-0.2, -0.15) is 0 Å². The zero-order valence-corrected chi connectivity index (χ0v) is 21.6. The summed E-state index contributed by atoms with van der Waals surface area (Å²) in [6.45, 7) is 6.77. The van der Waals surface area contributed by atoms with Crippen LogP contribution in [0.2, 0.25) is 0 Å². The molecule has 0 aliphatic carbocycles. The SMILES string of the molecule is CC.CNCc1ccc(-c2nnc(-c3nc(-c4ccc(SC(C)CCO)c(F)c4)cnc3N)o2)cc1. The van der Waals surface area contributed by atoms with Crippen molar-refractivity contribution in [2.45, 2.75) is 43.9 Å². The van der Waals surface area contributed by atoms with E-state index in [0.29, 0.717) is 28.5 Å². The molecule has 0 bridgehead atoms. The molecular weight excluding hydrogens is 479 g/mol. The minimum Gasteiger partial charge on any atom is -0.414 e. The lowest BCUT2D eigenvalue weighted by molar-refractivity contribution is 0.289. The minimum atomic E-state index is -0.366. The van der Waals surface area contributed by atoms with E-state index >= 15 is 0 Å². The summed E-state index contributed by atoms with van der Waals surface area (Å²) >= 11 is 1.38. The molecule has 0 aliphatic rings. The van der Waals surface area contributed by atoms with Crippen LogP contribution >= 0.6 is 11.8 Å². The molecule has 0 amide bonds. The normalized spacial score (nSPS) is 11.6. The predicted octanol–water partition coefficient (Wildman–Crippen LogP) is 5.19. The van der Waals surface area contributed by atoms with Gasteiger partial charge in [0.15, 0.2) is 11.5 Å². The Morgan fingerprint density at radius 3 is 2.44 bits per heavy atom. The second-order valence-corrected chi connectivity index (χ2v) is 9.19. The van der Waals surface area contributed by atoms with Crippen molar-refractivity contribution in [2.75, 3.05) is 19.4 Å². The molecule has 8 nitrogen and oxygen atoms in total. The van der Waals surface area contributed by atoms with E-state index in [1.807, 2.05) is 52.1 Å². The van der Waals surface area contributed by atoms with E-state index in [1.54, 1.807) is 12.1 Å². The first-order chi connectivity index (χ1) is 17.5. The number of benzene rings is 2. The van der Waals surface area contributed by atoms with Crippen molar-refractivity contribution in [1.82, 2.24) is 25.5 Å². The van der Waals surface area contributed by atoms with Gasteiger partial charge in [-0.25, -0.2) is 14.4 Å². The molecule has 0 aliphatic heterocycles. The maximum absolute atomic E-state index is 14.7. The molecule has 2 aromatic heterocycles. The van der Waals surface area contributed by atoms with Gasteiger partial charge in [-0.05, 0) is 43.3 Å². The highest BCUT2D eigenvalue weighted by Crippen LogP contribution is 2.32. The number of nitrogens with one attached hydrogen (secondary N) is 1. The molecule has 0 fully saturated rings. The van der Waals surface area contributed by atoms with E-state index < -0.39 is 0 Å². The maximum Gasteiger partial charge on any atom is 0.270 e. The lowest BCUT2D eigenvalue weighted by Gasteiger charge is -2.11. The molecule has 1 unspecified atom stereocenters. The van der Waals surface area contributed by atoms with Crippen LogP contribution in [-0.2, 0) is 6.54 Å². The number of halogens is 1. The number of nitrogen functional groups attached to an aromatic ring is 1. The first-order valence-corrected chi connectivity index (χ1v) is 12.6. The van der Waals surface area contributed by atoms with Gasteiger partial charge in [0.25, 0.3) is 5.89 Å². The van der Waals surface area contributed by atoms with Crippen molar-refractivity contribution in [2.24, 2.45) is 0 Å². The Hall–Kier alpha value is -3.34. The zero-order valence-electron chi connectivity index (χ0n) is 20.8. The van der Waals surface area contributed by atoms with Gasteiger partial charge in [0.05, 0.1) is 11.9 Å². The molecule has 4 N–H and O–H groups in total. The summed E-state index contributed by atoms with van der Waals surface area (Å²) in [5.41, 5.74) is 9.15. The molecule has 1 atom stereocenters. The number of hydrogen-bond acceptors (Lipinski definition) is 9. The van der Waals surface area contributed by atoms with Gasteiger partial charge in [0, 0.05) is 34.4 Å². The molecule has 4 aromatic rings. The summed E-state index contributed by atoms with van der Waals surface area (Å²) in [4.78, 5) is 9.23. The summed E-state index contributed by atoms with van der Waals surface area (Å²) in [6, 6.07) is 12.6. The fraction of sp³-hybridized carbons (Fsp3) is 0.308. The van der Waals surface area contributed by atoms with Crippen LogP contribution in [0.4, 0.5) is 10.2 Å². The summed E-state index contributed by atoms with van der Waals surface area (Å²) in [6.07, 6.45) is 2.07. The van der Waals surface area contributed by atoms with Crippen LogP contribution in [0.5, 0.6) is 0 Å². The van der Waals surface area contributed by atoms with Crippen molar-refractivity contribution < 1.29 is 13.9 Å². The largest absolute Gasteiger partial charge is 0.414 e. The molecule has 36 heavy (non-hydrogen) atoms. The molecule has 10 heteroatoms. The van der Waals surface area contributed by atoms with Crippen molar-refractivity contribution >= 4 is 17.6 Å². The van der Waals surface area contributed by atoms with Crippen molar-refractivity contribution in [3.05, 3.63) is 60.0 Å². The predicted molar refractivity (Wildman–Crippen MR) is 142 cm³/mol. The fourth-order valence-corrected chi connectivity index (χ4v) is 4.29. The Kier molecular flexibility index (Phi) is 9.92. The van der Waals surface area contributed by atoms with E-state index in [1.165, 1.54) is 24.0 Å². The van der Waals surface area contributed by atoms with Crippen LogP contribution in [0.1, 0.15) is 32.8 Å². The molecule has 0 radical (unpaired) electrons. The Labute approximate surface area is 214 Å². The number of thioether (sulfide) groups is 1. The van der Waals surface area contributed by atoms with Crippen LogP contribution in [0.25, 0.3) is 34.3 Å². The lowest BCUT2D eigenvalue weighted by atomic mass is 10.1. The Morgan fingerprint density at radius 1 is 1.08 bits per heavy atom. The third kappa shape index (κ3) is 6.66. The first-order valence-electron chi connectivity index (χ1n) is 11.8. The number of aromatic nitrogens is 4. The number of rotatable bonds is 9. The highest BCUT2D eigenvalue weighted by atomic mass is 32.2. The third-order valence-electron chi connectivity index (χ3n) is 5.10. The van der Waals surface area contributed by atoms with Gasteiger partial charge in [-0.15, -0.1) is 22.0 Å². The van der Waals surface area contributed by atoms with Crippen LogP contribution in [-0.4, -0.2) is 44.2 Å². The summed E-state index contributed by atoms with van der Waals surface area (Å²) in [7, 11) is 1.89. The maximum atomic E-state index is 14.7. The number of aliphatic hydroxyl groups excluding tert-OH is 1. The van der Waals surface area contributed by atoms with E-state index in [2.05, 4.69) is 25.5 Å². The van der Waals surface area contributed by atoms with E-state index in [4.69, 9.17) is 15.3 Å². The van der Waals surface area contributed by atoms with E-state index in [-0.39, 0.29) is 35.1 Å². The molecule has 0 saturated heterocycles. The summed E-state index contributed by atoms with van der Waals surface area (Å²) < 4.78 is 20.5. The van der Waals surface area contributed by atoms with Gasteiger partial charge < -0.3 is 20.6 Å². The number of anilines is 1. The van der Waals surface area contributed by atoms with Crippen LogP contribution in [0, 0.1) is 5.82 Å². The van der Waals surface area contributed by atoms with Gasteiger partial charge in [0.1, 0.15) is 5.82 Å². The lowest BCUT2D eigenvalue weighted by Crippen LogP contribution is -2.04. The van der Waals surface area contributed by atoms with Crippen molar-refractivity contribution in [3.8, 4) is 34.3 Å². The number of aliphatic hydroxyl groups is 1. The van der Waals surface area contributed by atoms with Crippen molar-refractivity contribution in [1.29, 1.82) is 0 Å². The number of nitrogens with two attached hydrogens (primary N) is 1. The molecule has 2 aromatic carbocycles. The number of nitrogens with zero attached hydrogens (tertiary/aromatic N) is 4. The van der Waals surface area contributed by atoms with Crippen LogP contribution in [0.3, 0.4) is 0 Å². The quantitative estimate of drug-likeness (QED) is 0.261. The molecule has 2 heterocycles. The molecular formula is C26H31FN6O2S. The molecule has 190 valence electrons. The van der Waals surface area contributed by atoms with Gasteiger partial charge in [-0.1, -0.05) is 39.0 Å². The number of hydrogen-bond donors (Lipinski definition) is 3. The highest BCUT2D eigenvalue weighted by Gasteiger charge is 2.18. The topological polar surface area (TPSA) is 123 Å². The second-order valence-electron chi connectivity index (χ2n) is 7.71. The second kappa shape index (κ2) is 13.1. The van der Waals surface area contributed by atoms with Gasteiger partial charge in [-0.3, -0.25) is 0 Å². The molecule has 4 rings (SSSR count). The first kappa shape index (κ1) is 27.3. The Bertz CT molecular complexity index is 1270. The Morgan fingerprint density at radius 2 is 1.78 bits per heavy atom. The molecule has 0 saturated carbocycles. The minimum absolute atomic E-state index is 0.0662. The smallest absolute Gasteiger partial charge is 0.270 e. The standard InChI is InChI=1S/C24H25FN6O2S.C2H6/c1-14(9-10-32)34-20-8-7-17(11-18(20)25)19-13-28-22(26)21(29-19)24-31-30-23(33-24)16-5-3-15(4-6-16)12-27-2;1-2/h3-8,11,13-14,27,32H,9-10,12H2,1-2H3,(H2,26,28);1-2H3. The Balaban J connectivity index is 0.00000176. The summed E-state index contributed by atoms with van der Waals surface area (Å²) in [5.74, 6) is 0.233.